The fourth-order valence-corrected chi connectivity index (χ4v) is 2.11. The molecule has 16 heavy (non-hydrogen) atoms. The summed E-state index contributed by atoms with van der Waals surface area (Å²) in [4.78, 5) is 5.16. The average Bonchev–Trinajstić information content (AvgIpc) is 2.28. The van der Waals surface area contributed by atoms with Gasteiger partial charge in [0.2, 0.25) is 0 Å². The molecule has 1 fully saturated rings. The van der Waals surface area contributed by atoms with E-state index in [1.165, 1.54) is 52.1 Å². The monoisotopic (exact) mass is 228 g/mol. The second-order valence-electron chi connectivity index (χ2n) is 5.21. The number of piperazine rings is 1. The molecule has 3 nitrogen and oxygen atoms in total. The van der Waals surface area contributed by atoms with Crippen LogP contribution in [0.15, 0.2) is 0 Å². The molecule has 0 radical (unpaired) electrons. The van der Waals surface area contributed by atoms with Crippen molar-refractivity contribution in [2.75, 3.05) is 53.0 Å². The largest absolute Gasteiger partial charge is 0.385 e. The molecule has 0 amide bonds. The van der Waals surface area contributed by atoms with E-state index >= 15 is 0 Å². The van der Waals surface area contributed by atoms with Gasteiger partial charge < -0.3 is 14.5 Å². The Hall–Kier alpha value is -0.120. The van der Waals surface area contributed by atoms with E-state index in [1.807, 2.05) is 0 Å². The van der Waals surface area contributed by atoms with Gasteiger partial charge in [0.05, 0.1) is 0 Å². The minimum absolute atomic E-state index is 0.833. The second-order valence-corrected chi connectivity index (χ2v) is 5.21. The number of nitrogens with zero attached hydrogens (tertiary/aromatic N) is 2. The summed E-state index contributed by atoms with van der Waals surface area (Å²) in [7, 11) is 1.78. The molecule has 0 aromatic rings. The van der Waals surface area contributed by atoms with Crippen molar-refractivity contribution in [3.8, 4) is 0 Å². The highest BCUT2D eigenvalue weighted by molar-refractivity contribution is 4.72. The van der Waals surface area contributed by atoms with Gasteiger partial charge in [0.25, 0.3) is 0 Å². The van der Waals surface area contributed by atoms with Gasteiger partial charge in [-0.2, -0.15) is 0 Å². The van der Waals surface area contributed by atoms with Gasteiger partial charge in [-0.3, -0.25) is 0 Å². The topological polar surface area (TPSA) is 15.7 Å². The number of methoxy groups -OCH3 is 1. The van der Waals surface area contributed by atoms with E-state index in [2.05, 4.69) is 23.6 Å². The van der Waals surface area contributed by atoms with Crippen molar-refractivity contribution < 1.29 is 4.74 Å². The minimum atomic E-state index is 0.833. The Morgan fingerprint density at radius 2 is 1.56 bits per heavy atom. The molecular formula is C13H28N2O. The molecule has 1 aliphatic rings. The number of ether oxygens (including phenoxy) is 1. The number of hydrogen-bond donors (Lipinski definition) is 0. The van der Waals surface area contributed by atoms with Crippen LogP contribution in [0.5, 0.6) is 0 Å². The molecule has 1 aliphatic heterocycles. The lowest BCUT2D eigenvalue weighted by atomic mass is 10.1. The quantitative estimate of drug-likeness (QED) is 0.617. The average molecular weight is 228 g/mol. The predicted octanol–water partition coefficient (Wildman–Crippen LogP) is 1.69. The molecule has 3 heteroatoms. The summed E-state index contributed by atoms with van der Waals surface area (Å²) in [6.45, 7) is 13.0. The number of hydrogen-bond acceptors (Lipinski definition) is 3. The van der Waals surface area contributed by atoms with Crippen LogP contribution in [-0.4, -0.2) is 62.8 Å². The van der Waals surface area contributed by atoms with Gasteiger partial charge in [-0.1, -0.05) is 13.8 Å². The highest BCUT2D eigenvalue weighted by Gasteiger charge is 2.15. The van der Waals surface area contributed by atoms with Crippen LogP contribution >= 0.6 is 0 Å². The summed E-state index contributed by atoms with van der Waals surface area (Å²) >= 11 is 0. The fraction of sp³-hybridized carbons (Fsp3) is 1.00. The normalized spacial score (nSPS) is 19.5. The second kappa shape index (κ2) is 8.04. The zero-order chi connectivity index (χ0) is 11.8. The third kappa shape index (κ3) is 5.83. The molecule has 0 aliphatic carbocycles. The van der Waals surface area contributed by atoms with Crippen molar-refractivity contribution in [1.29, 1.82) is 0 Å². The van der Waals surface area contributed by atoms with Crippen molar-refractivity contribution in [2.45, 2.75) is 26.7 Å². The maximum Gasteiger partial charge on any atom is 0.0474 e. The summed E-state index contributed by atoms with van der Waals surface area (Å²) in [6, 6.07) is 0. The van der Waals surface area contributed by atoms with E-state index in [1.54, 1.807) is 7.11 Å². The summed E-state index contributed by atoms with van der Waals surface area (Å²) in [5.74, 6) is 0.833. The fourth-order valence-electron chi connectivity index (χ4n) is 2.11. The summed E-state index contributed by atoms with van der Waals surface area (Å²) in [5.41, 5.74) is 0. The van der Waals surface area contributed by atoms with Gasteiger partial charge in [-0.25, -0.2) is 0 Å². The molecular weight excluding hydrogens is 200 g/mol. The van der Waals surface area contributed by atoms with E-state index in [-0.39, 0.29) is 0 Å². The van der Waals surface area contributed by atoms with Crippen LogP contribution in [0.25, 0.3) is 0 Å². The Kier molecular flexibility index (Phi) is 7.01. The molecule has 1 rings (SSSR count). The van der Waals surface area contributed by atoms with Crippen LogP contribution in [0.4, 0.5) is 0 Å². The maximum absolute atomic E-state index is 5.08. The molecule has 0 atom stereocenters. The molecule has 0 aromatic heterocycles. The lowest BCUT2D eigenvalue weighted by Gasteiger charge is -2.34. The van der Waals surface area contributed by atoms with Crippen LogP contribution in [-0.2, 0) is 4.74 Å². The van der Waals surface area contributed by atoms with Gasteiger partial charge in [-0.15, -0.1) is 0 Å². The Labute approximate surface area is 101 Å². The predicted molar refractivity (Wildman–Crippen MR) is 68.8 cm³/mol. The van der Waals surface area contributed by atoms with E-state index in [9.17, 15) is 0 Å². The molecule has 0 aromatic carbocycles. The molecule has 0 bridgehead atoms. The van der Waals surface area contributed by atoms with Crippen LogP contribution < -0.4 is 0 Å². The third-order valence-corrected chi connectivity index (χ3v) is 3.31. The molecule has 0 N–H and O–H groups in total. The SMILES string of the molecule is COCCCN1CCN(CCC(C)C)CC1. The third-order valence-electron chi connectivity index (χ3n) is 3.31. The first-order valence-corrected chi connectivity index (χ1v) is 6.66. The summed E-state index contributed by atoms with van der Waals surface area (Å²) in [6.07, 6.45) is 2.51. The van der Waals surface area contributed by atoms with E-state index in [0.29, 0.717) is 0 Å². The molecule has 96 valence electrons. The Bertz CT molecular complexity index is 165. The lowest BCUT2D eigenvalue weighted by molar-refractivity contribution is 0.114. The van der Waals surface area contributed by atoms with E-state index in [4.69, 9.17) is 4.74 Å². The molecule has 1 heterocycles. The first-order valence-electron chi connectivity index (χ1n) is 6.66. The highest BCUT2D eigenvalue weighted by atomic mass is 16.5. The van der Waals surface area contributed by atoms with Crippen LogP contribution in [0.3, 0.4) is 0 Å². The van der Waals surface area contributed by atoms with Crippen molar-refractivity contribution >= 4 is 0 Å². The zero-order valence-electron chi connectivity index (χ0n) is 11.2. The Balaban J connectivity index is 2.04. The van der Waals surface area contributed by atoms with Gasteiger partial charge in [0.15, 0.2) is 0 Å². The molecule has 0 saturated carbocycles. The molecule has 0 unspecified atom stereocenters. The van der Waals surface area contributed by atoms with Crippen molar-refractivity contribution in [3.63, 3.8) is 0 Å². The zero-order valence-corrected chi connectivity index (χ0v) is 11.2. The summed E-state index contributed by atoms with van der Waals surface area (Å²) in [5, 5.41) is 0. The standard InChI is InChI=1S/C13H28N2O/c1-13(2)5-7-15-10-8-14(9-11-15)6-4-12-16-3/h13H,4-12H2,1-3H3. The van der Waals surface area contributed by atoms with Crippen LogP contribution in [0.2, 0.25) is 0 Å². The van der Waals surface area contributed by atoms with Crippen molar-refractivity contribution in [1.82, 2.24) is 9.80 Å². The van der Waals surface area contributed by atoms with Gasteiger partial charge in [0.1, 0.15) is 0 Å². The first-order chi connectivity index (χ1) is 7.72. The van der Waals surface area contributed by atoms with Gasteiger partial charge >= 0.3 is 0 Å². The summed E-state index contributed by atoms with van der Waals surface area (Å²) < 4.78 is 5.08. The van der Waals surface area contributed by atoms with Gasteiger partial charge in [0, 0.05) is 46.4 Å². The minimum Gasteiger partial charge on any atom is -0.385 e. The first kappa shape index (κ1) is 13.9. The Morgan fingerprint density at radius 3 is 2.06 bits per heavy atom. The van der Waals surface area contributed by atoms with Crippen molar-refractivity contribution in [2.24, 2.45) is 5.92 Å². The molecule has 1 saturated heterocycles. The van der Waals surface area contributed by atoms with Crippen molar-refractivity contribution in [3.05, 3.63) is 0 Å². The van der Waals surface area contributed by atoms with Crippen LogP contribution in [0.1, 0.15) is 26.7 Å². The van der Waals surface area contributed by atoms with E-state index < -0.39 is 0 Å². The van der Waals surface area contributed by atoms with E-state index in [0.717, 1.165) is 12.5 Å². The maximum atomic E-state index is 5.08. The lowest BCUT2D eigenvalue weighted by Crippen LogP contribution is -2.47. The highest BCUT2D eigenvalue weighted by Crippen LogP contribution is 2.06. The van der Waals surface area contributed by atoms with Crippen LogP contribution in [0, 0.1) is 5.92 Å². The Morgan fingerprint density at radius 1 is 1.00 bits per heavy atom. The number of rotatable bonds is 7. The smallest absolute Gasteiger partial charge is 0.0474 e. The molecule has 0 spiro atoms. The van der Waals surface area contributed by atoms with Gasteiger partial charge in [-0.05, 0) is 25.3 Å².